The van der Waals surface area contributed by atoms with Crippen LogP contribution in [0.25, 0.3) is 11.0 Å². The molecule has 0 spiro atoms. The minimum Gasteiger partial charge on any atom is -0.488 e. The fourth-order valence-corrected chi connectivity index (χ4v) is 3.98. The minimum atomic E-state index is -1.11. The highest BCUT2D eigenvalue weighted by Crippen LogP contribution is 2.28. The SMILES string of the molecule is CC(C)COc1c(F)cnc2cc(Cn3cccc(CC(=O)[C@H](CC/C=C/C(=O)N(C)C)OC(=O)N(C)C)c3=O)[nH]c12. The molecule has 0 fully saturated rings. The number of likely N-dealkylation sites (N-methyl/N-ethyl adjacent to an activating group) is 1. The van der Waals surface area contributed by atoms with Crippen LogP contribution in [0.4, 0.5) is 9.18 Å². The van der Waals surface area contributed by atoms with E-state index in [0.29, 0.717) is 29.8 Å². The van der Waals surface area contributed by atoms with Crippen LogP contribution in [0, 0.1) is 11.7 Å². The van der Waals surface area contributed by atoms with Crippen molar-refractivity contribution in [2.45, 2.75) is 45.8 Å². The average Bonchev–Trinajstić information content (AvgIpc) is 3.34. The molecule has 0 unspecified atom stereocenters. The fraction of sp³-hybridized carbons (Fsp3) is 0.433. The Labute approximate surface area is 243 Å². The number of hydrogen-bond donors (Lipinski definition) is 1. The van der Waals surface area contributed by atoms with Gasteiger partial charge >= 0.3 is 6.09 Å². The molecule has 3 aromatic heterocycles. The number of halogens is 1. The third-order valence-electron chi connectivity index (χ3n) is 6.24. The summed E-state index contributed by atoms with van der Waals surface area (Å²) in [5.74, 6) is -0.960. The standard InChI is InChI=1S/C30H38FN5O6/c1-19(2)18-41-28-22(31)16-32-23-15-21(33-27(23)28)17-36-13-9-10-20(29(36)39)14-24(37)25(42-30(40)35(5)6)11-7-8-12-26(38)34(3)4/h8-10,12-13,15-16,19,25,33H,7,11,14,17-18H2,1-6H3/b12-8+/t25-/m0/s1. The van der Waals surface area contributed by atoms with Crippen molar-refractivity contribution in [2.24, 2.45) is 5.92 Å². The number of nitrogens with zero attached hydrogens (tertiary/aromatic N) is 4. The second kappa shape index (κ2) is 14.4. The van der Waals surface area contributed by atoms with Crippen LogP contribution in [0.3, 0.4) is 0 Å². The van der Waals surface area contributed by atoms with E-state index < -0.39 is 29.4 Å². The van der Waals surface area contributed by atoms with E-state index in [1.165, 1.54) is 34.5 Å². The molecule has 12 heteroatoms. The molecule has 0 radical (unpaired) electrons. The number of rotatable bonds is 13. The lowest BCUT2D eigenvalue weighted by Crippen LogP contribution is -2.35. The van der Waals surface area contributed by atoms with Crippen LogP contribution in [0.1, 0.15) is 37.9 Å². The van der Waals surface area contributed by atoms with Crippen molar-refractivity contribution >= 4 is 28.8 Å². The molecular formula is C30H38FN5O6. The molecule has 0 saturated heterocycles. The van der Waals surface area contributed by atoms with Crippen LogP contribution in [-0.4, -0.2) is 83.0 Å². The number of amides is 2. The highest BCUT2D eigenvalue weighted by molar-refractivity contribution is 5.88. The number of ketones is 1. The zero-order valence-corrected chi connectivity index (χ0v) is 24.8. The summed E-state index contributed by atoms with van der Waals surface area (Å²) in [4.78, 5) is 60.4. The molecular weight excluding hydrogens is 545 g/mol. The zero-order valence-electron chi connectivity index (χ0n) is 24.8. The van der Waals surface area contributed by atoms with Crippen molar-refractivity contribution in [3.05, 3.63) is 70.2 Å². The molecule has 0 aliphatic heterocycles. The van der Waals surface area contributed by atoms with Crippen molar-refractivity contribution in [3.63, 3.8) is 0 Å². The number of hydrogen-bond acceptors (Lipinski definition) is 7. The van der Waals surface area contributed by atoms with Gasteiger partial charge in [0.25, 0.3) is 5.56 Å². The Hall–Kier alpha value is -4.48. The molecule has 0 saturated carbocycles. The molecule has 42 heavy (non-hydrogen) atoms. The first-order valence-electron chi connectivity index (χ1n) is 13.6. The molecule has 0 aliphatic rings. The summed E-state index contributed by atoms with van der Waals surface area (Å²) in [5.41, 5.74) is 1.33. The Morgan fingerprint density at radius 1 is 1.17 bits per heavy atom. The molecule has 1 atom stereocenters. The molecule has 1 N–H and O–H groups in total. The number of allylic oxidation sites excluding steroid dienone is 1. The van der Waals surface area contributed by atoms with Gasteiger partial charge in [0.15, 0.2) is 23.5 Å². The number of carbonyl (C=O) groups is 3. The number of pyridine rings is 2. The molecule has 11 nitrogen and oxygen atoms in total. The van der Waals surface area contributed by atoms with Gasteiger partial charge in [-0.05, 0) is 37.0 Å². The zero-order chi connectivity index (χ0) is 31.0. The van der Waals surface area contributed by atoms with Gasteiger partial charge in [-0.3, -0.25) is 19.4 Å². The van der Waals surface area contributed by atoms with E-state index in [0.717, 1.165) is 6.20 Å². The maximum Gasteiger partial charge on any atom is 0.409 e. The predicted molar refractivity (Wildman–Crippen MR) is 156 cm³/mol. The van der Waals surface area contributed by atoms with Gasteiger partial charge in [-0.25, -0.2) is 9.18 Å². The van der Waals surface area contributed by atoms with Crippen LogP contribution in [0.5, 0.6) is 5.75 Å². The lowest BCUT2D eigenvalue weighted by molar-refractivity contribution is -0.127. The second-order valence-corrected chi connectivity index (χ2v) is 10.8. The van der Waals surface area contributed by atoms with Gasteiger partial charge < -0.3 is 28.8 Å². The van der Waals surface area contributed by atoms with Crippen molar-refractivity contribution < 1.29 is 28.2 Å². The molecule has 0 bridgehead atoms. The number of H-pyrrole nitrogens is 1. The average molecular weight is 584 g/mol. The molecule has 0 aromatic carbocycles. The number of carbonyl (C=O) groups excluding carboxylic acids is 3. The van der Waals surface area contributed by atoms with E-state index in [4.69, 9.17) is 9.47 Å². The number of Topliss-reactive ketones (excluding diaryl/α,β-unsaturated/α-hetero) is 1. The third kappa shape index (κ3) is 8.51. The third-order valence-corrected chi connectivity index (χ3v) is 6.24. The number of aromatic nitrogens is 3. The lowest BCUT2D eigenvalue weighted by atomic mass is 10.0. The second-order valence-electron chi connectivity index (χ2n) is 10.8. The Kier molecular flexibility index (Phi) is 11.0. The Morgan fingerprint density at radius 3 is 2.57 bits per heavy atom. The van der Waals surface area contributed by atoms with Gasteiger partial charge in [-0.15, -0.1) is 0 Å². The van der Waals surface area contributed by atoms with Crippen molar-refractivity contribution in [3.8, 4) is 5.75 Å². The Balaban J connectivity index is 1.78. The summed E-state index contributed by atoms with van der Waals surface area (Å²) in [5, 5.41) is 0. The van der Waals surface area contributed by atoms with Crippen molar-refractivity contribution in [1.29, 1.82) is 0 Å². The lowest BCUT2D eigenvalue weighted by Gasteiger charge is -2.19. The largest absolute Gasteiger partial charge is 0.488 e. The van der Waals surface area contributed by atoms with E-state index in [-0.39, 0.29) is 42.5 Å². The Bertz CT molecular complexity index is 1510. The van der Waals surface area contributed by atoms with Crippen molar-refractivity contribution in [1.82, 2.24) is 24.3 Å². The highest BCUT2D eigenvalue weighted by atomic mass is 19.1. The Morgan fingerprint density at radius 2 is 1.90 bits per heavy atom. The van der Waals surface area contributed by atoms with Gasteiger partial charge in [0.2, 0.25) is 5.91 Å². The summed E-state index contributed by atoms with van der Waals surface area (Å²) in [6, 6.07) is 4.92. The van der Waals surface area contributed by atoms with Gasteiger partial charge in [-0.1, -0.05) is 26.0 Å². The molecule has 3 heterocycles. The topological polar surface area (TPSA) is 127 Å². The first-order valence-corrected chi connectivity index (χ1v) is 13.6. The number of fused-ring (bicyclic) bond motifs is 1. The first kappa shape index (κ1) is 32.0. The molecule has 2 amide bonds. The van der Waals surface area contributed by atoms with Crippen molar-refractivity contribution in [2.75, 3.05) is 34.8 Å². The molecule has 226 valence electrons. The summed E-state index contributed by atoms with van der Waals surface area (Å²) in [6.07, 6.45) is 4.10. The van der Waals surface area contributed by atoms with E-state index in [1.54, 1.807) is 44.6 Å². The predicted octanol–water partition coefficient (Wildman–Crippen LogP) is 3.55. The van der Waals surface area contributed by atoms with Gasteiger partial charge in [0.1, 0.15) is 5.52 Å². The summed E-state index contributed by atoms with van der Waals surface area (Å²) in [7, 11) is 6.25. The number of ether oxygens (including phenoxy) is 2. The number of nitrogens with one attached hydrogen (secondary N) is 1. The maximum absolute atomic E-state index is 14.4. The van der Waals surface area contributed by atoms with E-state index in [9.17, 15) is 23.6 Å². The summed E-state index contributed by atoms with van der Waals surface area (Å²) < 4.78 is 26.9. The van der Waals surface area contributed by atoms with Crippen LogP contribution < -0.4 is 10.3 Å². The minimum absolute atomic E-state index is 0.0749. The fourth-order valence-electron chi connectivity index (χ4n) is 3.98. The highest BCUT2D eigenvalue weighted by Gasteiger charge is 2.24. The van der Waals surface area contributed by atoms with Crippen LogP contribution in [0.2, 0.25) is 0 Å². The maximum atomic E-state index is 14.4. The van der Waals surface area contributed by atoms with E-state index in [1.807, 2.05) is 13.8 Å². The van der Waals surface area contributed by atoms with Crippen LogP contribution in [-0.2, 0) is 27.3 Å². The number of aromatic amines is 1. The smallest absolute Gasteiger partial charge is 0.409 e. The van der Waals surface area contributed by atoms with E-state index in [2.05, 4.69) is 9.97 Å². The van der Waals surface area contributed by atoms with E-state index >= 15 is 0 Å². The monoisotopic (exact) mass is 583 g/mol. The molecule has 3 aromatic rings. The van der Waals surface area contributed by atoms with Gasteiger partial charge in [-0.2, -0.15) is 0 Å². The summed E-state index contributed by atoms with van der Waals surface area (Å²) >= 11 is 0. The summed E-state index contributed by atoms with van der Waals surface area (Å²) in [6.45, 7) is 4.36. The molecule has 3 rings (SSSR count). The molecule has 0 aliphatic carbocycles. The van der Waals surface area contributed by atoms with Crippen LogP contribution >= 0.6 is 0 Å². The van der Waals surface area contributed by atoms with Gasteiger partial charge in [0, 0.05) is 52.1 Å². The van der Waals surface area contributed by atoms with Crippen LogP contribution in [0.15, 0.2) is 47.5 Å². The normalized spacial score (nSPS) is 12.1. The quantitative estimate of drug-likeness (QED) is 0.305. The van der Waals surface area contributed by atoms with Gasteiger partial charge in [0.05, 0.1) is 24.9 Å². The first-order chi connectivity index (χ1) is 19.9.